The predicted molar refractivity (Wildman–Crippen MR) is 64.4 cm³/mol. The van der Waals surface area contributed by atoms with Crippen LogP contribution in [0.15, 0.2) is 29.2 Å². The van der Waals surface area contributed by atoms with Crippen LogP contribution < -0.4 is 0 Å². The average molecular weight is 250 g/mol. The van der Waals surface area contributed by atoms with Crippen molar-refractivity contribution in [2.24, 2.45) is 0 Å². The Bertz CT molecular complexity index is 566. The molecule has 0 saturated carbocycles. The summed E-state index contributed by atoms with van der Waals surface area (Å²) < 4.78 is 0. The monoisotopic (exact) mass is 250 g/mol. The van der Waals surface area contributed by atoms with E-state index in [1.807, 2.05) is 6.26 Å². The zero-order valence-electron chi connectivity index (χ0n) is 8.97. The van der Waals surface area contributed by atoms with Crippen molar-refractivity contribution < 1.29 is 15.0 Å². The van der Waals surface area contributed by atoms with E-state index in [-0.39, 0.29) is 11.4 Å². The Morgan fingerprint density at radius 3 is 2.76 bits per heavy atom. The van der Waals surface area contributed by atoms with Gasteiger partial charge in [-0.2, -0.15) is 5.10 Å². The number of carboxylic acids is 1. The fourth-order valence-corrected chi connectivity index (χ4v) is 1.86. The van der Waals surface area contributed by atoms with Crippen molar-refractivity contribution in [2.45, 2.75) is 4.90 Å². The largest absolute Gasteiger partial charge is 0.507 e. The number of hydrogen-bond donors (Lipinski definition) is 3. The van der Waals surface area contributed by atoms with E-state index >= 15 is 0 Å². The first kappa shape index (κ1) is 11.5. The number of rotatable bonds is 3. The number of aromatic carboxylic acids is 1. The molecular weight excluding hydrogens is 240 g/mol. The van der Waals surface area contributed by atoms with Gasteiger partial charge in [0.15, 0.2) is 0 Å². The van der Waals surface area contributed by atoms with E-state index in [1.54, 1.807) is 18.2 Å². The van der Waals surface area contributed by atoms with E-state index in [0.29, 0.717) is 11.3 Å². The molecule has 0 amide bonds. The summed E-state index contributed by atoms with van der Waals surface area (Å²) in [6.07, 6.45) is 1.92. The van der Waals surface area contributed by atoms with E-state index in [0.717, 1.165) is 4.90 Å². The summed E-state index contributed by atoms with van der Waals surface area (Å²) in [6, 6.07) is 6.51. The zero-order chi connectivity index (χ0) is 12.4. The Hall–Kier alpha value is -1.95. The van der Waals surface area contributed by atoms with E-state index < -0.39 is 5.97 Å². The lowest BCUT2D eigenvalue weighted by molar-refractivity contribution is 0.0690. The van der Waals surface area contributed by atoms with E-state index in [1.165, 1.54) is 17.8 Å². The van der Waals surface area contributed by atoms with Crippen LogP contribution in [0.4, 0.5) is 0 Å². The molecule has 0 radical (unpaired) electrons. The maximum atomic E-state index is 10.7. The number of carbonyl (C=O) groups is 1. The molecule has 3 N–H and O–H groups in total. The molecule has 2 rings (SSSR count). The third-order valence-electron chi connectivity index (χ3n) is 2.29. The van der Waals surface area contributed by atoms with Crippen molar-refractivity contribution in [1.29, 1.82) is 0 Å². The first-order valence-corrected chi connectivity index (χ1v) is 6.00. The van der Waals surface area contributed by atoms with Gasteiger partial charge in [0.05, 0.1) is 5.69 Å². The van der Waals surface area contributed by atoms with Gasteiger partial charge in [-0.1, -0.05) is 0 Å². The van der Waals surface area contributed by atoms with Crippen molar-refractivity contribution in [1.82, 2.24) is 10.2 Å². The molecule has 6 heteroatoms. The van der Waals surface area contributed by atoms with Crippen LogP contribution in [0, 0.1) is 0 Å². The Morgan fingerprint density at radius 1 is 1.41 bits per heavy atom. The van der Waals surface area contributed by atoms with Gasteiger partial charge in [0.1, 0.15) is 11.4 Å². The highest BCUT2D eigenvalue weighted by Gasteiger charge is 2.12. The number of nitrogens with one attached hydrogen (secondary N) is 1. The van der Waals surface area contributed by atoms with E-state index in [2.05, 4.69) is 10.2 Å². The van der Waals surface area contributed by atoms with Gasteiger partial charge in [-0.3, -0.25) is 5.10 Å². The Morgan fingerprint density at radius 2 is 2.18 bits per heavy atom. The van der Waals surface area contributed by atoms with Gasteiger partial charge in [0, 0.05) is 10.5 Å². The third-order valence-corrected chi connectivity index (χ3v) is 3.01. The van der Waals surface area contributed by atoms with Crippen LogP contribution in [0.1, 0.15) is 10.5 Å². The predicted octanol–water partition coefficient (Wildman–Crippen LogP) is 2.20. The van der Waals surface area contributed by atoms with Crippen LogP contribution in [-0.2, 0) is 0 Å². The molecule has 0 fully saturated rings. The second-order valence-corrected chi connectivity index (χ2v) is 4.23. The number of aromatic nitrogens is 2. The summed E-state index contributed by atoms with van der Waals surface area (Å²) in [6.45, 7) is 0. The normalized spacial score (nSPS) is 10.4. The number of nitrogens with zero attached hydrogens (tertiary/aromatic N) is 1. The molecule has 5 nitrogen and oxygen atoms in total. The summed E-state index contributed by atoms with van der Waals surface area (Å²) in [4.78, 5) is 11.7. The summed E-state index contributed by atoms with van der Waals surface area (Å²) in [5.74, 6) is -1.00. The summed E-state index contributed by atoms with van der Waals surface area (Å²) in [5, 5.41) is 24.8. The molecule has 0 unspecified atom stereocenters. The Kier molecular flexibility index (Phi) is 3.06. The molecule has 0 saturated heterocycles. The van der Waals surface area contributed by atoms with Gasteiger partial charge in [-0.15, -0.1) is 11.8 Å². The molecule has 1 aromatic heterocycles. The lowest BCUT2D eigenvalue weighted by Gasteiger charge is -2.03. The topological polar surface area (TPSA) is 86.2 Å². The Labute approximate surface area is 101 Å². The number of H-pyrrole nitrogens is 1. The highest BCUT2D eigenvalue weighted by atomic mass is 32.2. The standard InChI is InChI=1S/C11H10N2O3S/c1-17-6-2-3-10(14)7(4-6)8-5-9(11(15)16)13-12-8/h2-5,14H,1H3,(H,12,13)(H,15,16). The number of carboxylic acid groups (broad SMARTS) is 1. The van der Waals surface area contributed by atoms with Gasteiger partial charge in [-0.25, -0.2) is 4.79 Å². The number of hydrogen-bond acceptors (Lipinski definition) is 4. The van der Waals surface area contributed by atoms with Crippen molar-refractivity contribution in [3.8, 4) is 17.0 Å². The highest BCUT2D eigenvalue weighted by molar-refractivity contribution is 7.98. The van der Waals surface area contributed by atoms with Crippen LogP contribution in [0.5, 0.6) is 5.75 Å². The van der Waals surface area contributed by atoms with Crippen molar-refractivity contribution in [3.05, 3.63) is 30.0 Å². The molecule has 0 aliphatic heterocycles. The summed E-state index contributed by atoms with van der Waals surface area (Å²) >= 11 is 1.53. The molecule has 0 aliphatic carbocycles. The second kappa shape index (κ2) is 4.50. The minimum absolute atomic E-state index is 0.00560. The maximum Gasteiger partial charge on any atom is 0.353 e. The lowest BCUT2D eigenvalue weighted by atomic mass is 10.1. The molecule has 1 aromatic carbocycles. The molecule has 0 atom stereocenters. The molecular formula is C11H10N2O3S. The lowest BCUT2D eigenvalue weighted by Crippen LogP contribution is -1.95. The number of thioether (sulfide) groups is 1. The van der Waals surface area contributed by atoms with E-state index in [4.69, 9.17) is 5.11 Å². The van der Waals surface area contributed by atoms with Crippen LogP contribution in [-0.4, -0.2) is 32.6 Å². The first-order valence-electron chi connectivity index (χ1n) is 4.78. The number of phenols is 1. The number of benzene rings is 1. The molecule has 88 valence electrons. The number of aromatic amines is 1. The van der Waals surface area contributed by atoms with Crippen LogP contribution in [0.2, 0.25) is 0 Å². The molecule has 2 aromatic rings. The van der Waals surface area contributed by atoms with Crippen molar-refractivity contribution >= 4 is 17.7 Å². The number of aromatic hydroxyl groups is 1. The second-order valence-electron chi connectivity index (χ2n) is 3.36. The summed E-state index contributed by atoms with van der Waals surface area (Å²) in [7, 11) is 0. The average Bonchev–Trinajstić information content (AvgIpc) is 2.79. The fourth-order valence-electron chi connectivity index (χ4n) is 1.42. The minimum atomic E-state index is -1.08. The molecule has 1 heterocycles. The SMILES string of the molecule is CSc1ccc(O)c(-c2cc(C(=O)O)[nH]n2)c1. The maximum absolute atomic E-state index is 10.7. The quantitative estimate of drug-likeness (QED) is 0.727. The zero-order valence-corrected chi connectivity index (χ0v) is 9.78. The van der Waals surface area contributed by atoms with Crippen LogP contribution in [0.25, 0.3) is 11.3 Å². The fraction of sp³-hybridized carbons (Fsp3) is 0.0909. The smallest absolute Gasteiger partial charge is 0.353 e. The van der Waals surface area contributed by atoms with Crippen molar-refractivity contribution in [3.63, 3.8) is 0 Å². The van der Waals surface area contributed by atoms with Gasteiger partial charge in [0.25, 0.3) is 0 Å². The highest BCUT2D eigenvalue weighted by Crippen LogP contribution is 2.31. The molecule has 0 bridgehead atoms. The van der Waals surface area contributed by atoms with Gasteiger partial charge < -0.3 is 10.2 Å². The van der Waals surface area contributed by atoms with Crippen LogP contribution in [0.3, 0.4) is 0 Å². The van der Waals surface area contributed by atoms with Gasteiger partial charge in [0.2, 0.25) is 0 Å². The van der Waals surface area contributed by atoms with Crippen LogP contribution >= 0.6 is 11.8 Å². The third kappa shape index (κ3) is 2.26. The molecule has 0 aliphatic rings. The molecule has 0 spiro atoms. The Balaban J connectivity index is 2.47. The van der Waals surface area contributed by atoms with Gasteiger partial charge >= 0.3 is 5.97 Å². The first-order chi connectivity index (χ1) is 8.11. The number of phenolic OH excluding ortho intramolecular Hbond substituents is 1. The van der Waals surface area contributed by atoms with Crippen molar-refractivity contribution in [2.75, 3.05) is 6.26 Å². The minimum Gasteiger partial charge on any atom is -0.507 e. The summed E-state index contributed by atoms with van der Waals surface area (Å²) in [5.41, 5.74) is 0.922. The van der Waals surface area contributed by atoms with Gasteiger partial charge in [-0.05, 0) is 30.5 Å². The van der Waals surface area contributed by atoms with E-state index in [9.17, 15) is 9.90 Å². The molecule has 17 heavy (non-hydrogen) atoms.